The van der Waals surface area contributed by atoms with Crippen molar-refractivity contribution in [2.75, 3.05) is 36.0 Å². The Hall–Kier alpha value is -1.86. The average Bonchev–Trinajstić information content (AvgIpc) is 3.33. The van der Waals surface area contributed by atoms with E-state index < -0.39 is 0 Å². The van der Waals surface area contributed by atoms with Gasteiger partial charge in [0.2, 0.25) is 11.8 Å². The predicted molar refractivity (Wildman–Crippen MR) is 119 cm³/mol. The molecule has 1 saturated carbocycles. The van der Waals surface area contributed by atoms with Gasteiger partial charge in [-0.1, -0.05) is 11.6 Å². The fourth-order valence-electron chi connectivity index (χ4n) is 5.98. The Kier molecular flexibility index (Phi) is 5.59. The standard InChI is InChI=1S/C23H31ClN4O3/c24-19-13-17(27-11-1-3-20(27)30)14-25-21(19)26-10-2-8-23(15-26)9-12-28(22(23)31)16-4-6-18(29)7-5-16/h13-14,16,18,29H,1-12,15H2/t16-,18-,23?. The highest BCUT2D eigenvalue weighted by atomic mass is 35.5. The van der Waals surface area contributed by atoms with Crippen LogP contribution in [0.1, 0.15) is 57.8 Å². The minimum absolute atomic E-state index is 0.120. The molecular formula is C23H31ClN4O3. The first-order chi connectivity index (χ1) is 15.0. The quantitative estimate of drug-likeness (QED) is 0.772. The Morgan fingerprint density at radius 2 is 1.87 bits per heavy atom. The van der Waals surface area contributed by atoms with Crippen LogP contribution in [0.5, 0.6) is 0 Å². The Bertz CT molecular complexity index is 872. The highest BCUT2D eigenvalue weighted by Crippen LogP contribution is 2.44. The second kappa shape index (κ2) is 8.24. The minimum Gasteiger partial charge on any atom is -0.393 e. The topological polar surface area (TPSA) is 77.0 Å². The van der Waals surface area contributed by atoms with Gasteiger partial charge in [0.15, 0.2) is 0 Å². The van der Waals surface area contributed by atoms with Gasteiger partial charge in [-0.15, -0.1) is 0 Å². The number of rotatable bonds is 3. The van der Waals surface area contributed by atoms with Gasteiger partial charge >= 0.3 is 0 Å². The first-order valence-electron chi connectivity index (χ1n) is 11.7. The fraction of sp³-hybridized carbons (Fsp3) is 0.696. The Labute approximate surface area is 188 Å². The molecule has 1 aromatic heterocycles. The number of amides is 2. The summed E-state index contributed by atoms with van der Waals surface area (Å²) in [5, 5.41) is 10.4. The van der Waals surface area contributed by atoms with E-state index in [0.29, 0.717) is 30.4 Å². The minimum atomic E-state index is -0.358. The number of hydrogen-bond acceptors (Lipinski definition) is 5. The molecule has 0 radical (unpaired) electrons. The number of halogens is 1. The third kappa shape index (κ3) is 3.80. The molecule has 5 rings (SSSR count). The second-order valence-electron chi connectivity index (χ2n) is 9.66. The van der Waals surface area contributed by atoms with Crippen LogP contribution in [-0.2, 0) is 9.59 Å². The van der Waals surface area contributed by atoms with Crippen molar-refractivity contribution >= 4 is 34.9 Å². The van der Waals surface area contributed by atoms with E-state index in [1.807, 2.05) is 6.07 Å². The van der Waals surface area contributed by atoms with Gasteiger partial charge in [-0.2, -0.15) is 0 Å². The molecule has 4 fully saturated rings. The van der Waals surface area contributed by atoms with Gasteiger partial charge in [0.05, 0.1) is 28.4 Å². The van der Waals surface area contributed by atoms with Gasteiger partial charge in [0.25, 0.3) is 0 Å². The predicted octanol–water partition coefficient (Wildman–Crippen LogP) is 2.98. The average molecular weight is 447 g/mol. The molecule has 3 aliphatic heterocycles. The van der Waals surface area contributed by atoms with Crippen molar-refractivity contribution in [2.45, 2.75) is 69.9 Å². The zero-order valence-electron chi connectivity index (χ0n) is 17.9. The van der Waals surface area contributed by atoms with Crippen LogP contribution >= 0.6 is 11.6 Å². The number of pyridine rings is 1. The van der Waals surface area contributed by atoms with Crippen molar-refractivity contribution in [3.8, 4) is 0 Å². The molecule has 2 amide bonds. The van der Waals surface area contributed by atoms with E-state index in [-0.39, 0.29) is 29.4 Å². The summed E-state index contributed by atoms with van der Waals surface area (Å²) in [7, 11) is 0. The first-order valence-corrected chi connectivity index (χ1v) is 12.0. The van der Waals surface area contributed by atoms with Crippen molar-refractivity contribution < 1.29 is 14.7 Å². The molecule has 4 heterocycles. The summed E-state index contributed by atoms with van der Waals surface area (Å²) in [6.07, 6.45) is 9.07. The second-order valence-corrected chi connectivity index (χ2v) is 10.1. The van der Waals surface area contributed by atoms with Crippen molar-refractivity contribution in [1.82, 2.24) is 9.88 Å². The number of anilines is 2. The third-order valence-electron chi connectivity index (χ3n) is 7.72. The van der Waals surface area contributed by atoms with Gasteiger partial charge in [-0.25, -0.2) is 4.98 Å². The summed E-state index contributed by atoms with van der Waals surface area (Å²) in [4.78, 5) is 36.2. The molecule has 1 spiro atoms. The maximum absolute atomic E-state index is 13.5. The molecule has 0 bridgehead atoms. The molecule has 1 aromatic rings. The van der Waals surface area contributed by atoms with Crippen LogP contribution in [0.15, 0.2) is 12.3 Å². The third-order valence-corrected chi connectivity index (χ3v) is 8.00. The van der Waals surface area contributed by atoms with Crippen LogP contribution in [0.25, 0.3) is 0 Å². The molecule has 1 atom stereocenters. The number of aliphatic hydroxyl groups is 1. The molecule has 168 valence electrons. The summed E-state index contributed by atoms with van der Waals surface area (Å²) in [6.45, 7) is 3.00. The number of carbonyl (C=O) groups is 2. The van der Waals surface area contributed by atoms with Crippen molar-refractivity contribution in [3.63, 3.8) is 0 Å². The lowest BCUT2D eigenvalue weighted by molar-refractivity contribution is -0.139. The number of hydrogen-bond donors (Lipinski definition) is 1. The molecule has 8 heteroatoms. The lowest BCUT2D eigenvalue weighted by Crippen LogP contribution is -2.50. The summed E-state index contributed by atoms with van der Waals surface area (Å²) in [5.74, 6) is 1.10. The monoisotopic (exact) mass is 446 g/mol. The van der Waals surface area contributed by atoms with Gasteiger partial charge in [-0.05, 0) is 57.4 Å². The number of likely N-dealkylation sites (tertiary alicyclic amines) is 1. The normalized spacial score (nSPS) is 31.9. The van der Waals surface area contributed by atoms with Gasteiger partial charge in [0, 0.05) is 38.6 Å². The largest absolute Gasteiger partial charge is 0.393 e. The summed E-state index contributed by atoms with van der Waals surface area (Å²) in [6, 6.07) is 2.11. The van der Waals surface area contributed by atoms with Crippen LogP contribution in [0, 0.1) is 5.41 Å². The number of piperidine rings is 1. The first kappa shape index (κ1) is 21.0. The van der Waals surface area contributed by atoms with Crippen molar-refractivity contribution in [3.05, 3.63) is 17.3 Å². The number of carbonyl (C=O) groups excluding carboxylic acids is 2. The molecule has 7 nitrogen and oxygen atoms in total. The Morgan fingerprint density at radius 1 is 1.06 bits per heavy atom. The van der Waals surface area contributed by atoms with E-state index in [9.17, 15) is 14.7 Å². The molecule has 0 aromatic carbocycles. The summed E-state index contributed by atoms with van der Waals surface area (Å²) in [5.41, 5.74) is 0.397. The highest BCUT2D eigenvalue weighted by molar-refractivity contribution is 6.33. The molecule has 1 aliphatic carbocycles. The fourth-order valence-corrected chi connectivity index (χ4v) is 6.26. The van der Waals surface area contributed by atoms with E-state index in [1.165, 1.54) is 0 Å². The Morgan fingerprint density at radius 3 is 2.58 bits per heavy atom. The van der Waals surface area contributed by atoms with Crippen LogP contribution < -0.4 is 9.80 Å². The highest BCUT2D eigenvalue weighted by Gasteiger charge is 2.51. The maximum Gasteiger partial charge on any atom is 0.230 e. The molecule has 31 heavy (non-hydrogen) atoms. The maximum atomic E-state index is 13.5. The summed E-state index contributed by atoms with van der Waals surface area (Å²) >= 11 is 6.62. The van der Waals surface area contributed by atoms with Crippen molar-refractivity contribution in [2.24, 2.45) is 5.41 Å². The van der Waals surface area contributed by atoms with E-state index in [0.717, 1.165) is 70.1 Å². The van der Waals surface area contributed by atoms with Crippen LogP contribution in [-0.4, -0.2) is 65.1 Å². The smallest absolute Gasteiger partial charge is 0.230 e. The number of aromatic nitrogens is 1. The van der Waals surface area contributed by atoms with E-state index in [2.05, 4.69) is 14.8 Å². The van der Waals surface area contributed by atoms with Gasteiger partial charge in [-0.3, -0.25) is 9.59 Å². The van der Waals surface area contributed by atoms with Gasteiger partial charge < -0.3 is 19.8 Å². The zero-order chi connectivity index (χ0) is 21.6. The summed E-state index contributed by atoms with van der Waals surface area (Å²) < 4.78 is 0. The van der Waals surface area contributed by atoms with Crippen LogP contribution in [0.4, 0.5) is 11.5 Å². The van der Waals surface area contributed by atoms with Crippen LogP contribution in [0.3, 0.4) is 0 Å². The van der Waals surface area contributed by atoms with Gasteiger partial charge in [0.1, 0.15) is 5.82 Å². The lowest BCUT2D eigenvalue weighted by atomic mass is 9.78. The number of nitrogens with zero attached hydrogens (tertiary/aromatic N) is 4. The van der Waals surface area contributed by atoms with Crippen molar-refractivity contribution in [1.29, 1.82) is 0 Å². The molecule has 1 unspecified atom stereocenters. The molecular weight excluding hydrogens is 416 g/mol. The molecule has 1 N–H and O–H groups in total. The number of aliphatic hydroxyl groups excluding tert-OH is 1. The zero-order valence-corrected chi connectivity index (χ0v) is 18.7. The molecule has 3 saturated heterocycles. The van der Waals surface area contributed by atoms with Crippen LogP contribution in [0.2, 0.25) is 5.02 Å². The molecule has 4 aliphatic rings. The van der Waals surface area contributed by atoms with E-state index in [1.54, 1.807) is 11.1 Å². The Balaban J connectivity index is 1.31. The van der Waals surface area contributed by atoms with E-state index in [4.69, 9.17) is 11.6 Å². The van der Waals surface area contributed by atoms with E-state index >= 15 is 0 Å². The SMILES string of the molecule is O=C1CCCN1c1cnc(N2CCCC3(CCN([C@H]4CC[C@H](O)CC4)C3=O)C2)c(Cl)c1. The lowest BCUT2D eigenvalue weighted by Gasteiger charge is -2.41.